The second-order valence-corrected chi connectivity index (χ2v) is 2.49. The van der Waals surface area contributed by atoms with E-state index in [0.717, 1.165) is 19.3 Å². The number of unbranched alkanes of at least 4 members (excludes halogenated alkanes) is 1. The summed E-state index contributed by atoms with van der Waals surface area (Å²) in [5, 5.41) is 8.78. The summed E-state index contributed by atoms with van der Waals surface area (Å²) in [6.07, 6.45) is 2.93. The van der Waals surface area contributed by atoms with E-state index in [1.54, 1.807) is 7.11 Å². The van der Waals surface area contributed by atoms with Gasteiger partial charge in [0.1, 0.15) is 0 Å². The number of hydrogen-bond donors (Lipinski definition) is 3. The molecule has 0 radical (unpaired) electrons. The average Bonchev–Trinajstić information content (AvgIpc) is 2.03. The number of hydroxylamine groups is 1. The monoisotopic (exact) mass is 178 g/mol. The highest BCUT2D eigenvalue weighted by atomic mass is 16.6. The van der Waals surface area contributed by atoms with Gasteiger partial charge in [0.25, 0.3) is 0 Å². The molecule has 0 aliphatic carbocycles. The second kappa shape index (κ2) is 10.8. The number of aliphatic hydroxyl groups excluding tert-OH is 1. The van der Waals surface area contributed by atoms with Gasteiger partial charge in [-0.25, -0.2) is 0 Å². The van der Waals surface area contributed by atoms with Crippen molar-refractivity contribution in [3.8, 4) is 0 Å². The Kier molecular flexibility index (Phi) is 13.0. The van der Waals surface area contributed by atoms with Crippen LogP contribution in [0.2, 0.25) is 0 Å². The van der Waals surface area contributed by atoms with Gasteiger partial charge in [0, 0.05) is 0 Å². The fourth-order valence-corrected chi connectivity index (χ4v) is 0.889. The molecule has 0 saturated carbocycles. The summed E-state index contributed by atoms with van der Waals surface area (Å²) in [5.41, 5.74) is 8.02. The first-order chi connectivity index (χ1) is 5.35. The van der Waals surface area contributed by atoms with E-state index in [4.69, 9.17) is 10.8 Å². The van der Waals surface area contributed by atoms with Gasteiger partial charge in [-0.1, -0.05) is 13.8 Å². The van der Waals surface area contributed by atoms with Crippen molar-refractivity contribution < 1.29 is 9.94 Å². The molecule has 4 N–H and O–H groups in total. The van der Waals surface area contributed by atoms with E-state index in [9.17, 15) is 0 Å². The number of hydrogen-bond acceptors (Lipinski definition) is 4. The molecule has 0 spiro atoms. The van der Waals surface area contributed by atoms with Crippen LogP contribution < -0.4 is 11.2 Å². The third kappa shape index (κ3) is 7.94. The molecule has 4 nitrogen and oxygen atoms in total. The average molecular weight is 178 g/mol. The molecule has 0 aromatic heterocycles. The van der Waals surface area contributed by atoms with Gasteiger partial charge in [-0.15, -0.1) is 0 Å². The highest BCUT2D eigenvalue weighted by Crippen LogP contribution is 1.98. The Bertz CT molecular complexity index is 81.5. The lowest BCUT2D eigenvalue weighted by atomic mass is 10.1. The molecule has 76 valence electrons. The van der Waals surface area contributed by atoms with Crippen LogP contribution >= 0.6 is 0 Å². The van der Waals surface area contributed by atoms with E-state index < -0.39 is 0 Å². The molecule has 0 aromatic carbocycles. The van der Waals surface area contributed by atoms with Crippen LogP contribution in [0.5, 0.6) is 0 Å². The minimum Gasteiger partial charge on any atom is -0.395 e. The third-order valence-electron chi connectivity index (χ3n) is 1.51. The van der Waals surface area contributed by atoms with E-state index in [0.29, 0.717) is 6.54 Å². The maximum atomic E-state index is 8.78. The van der Waals surface area contributed by atoms with Crippen LogP contribution in [0.1, 0.15) is 26.7 Å². The fourth-order valence-electron chi connectivity index (χ4n) is 0.889. The quantitative estimate of drug-likeness (QED) is 0.386. The largest absolute Gasteiger partial charge is 0.395 e. The second-order valence-electron chi connectivity index (χ2n) is 2.49. The number of rotatable bonds is 7. The Balaban J connectivity index is 0. The Morgan fingerprint density at radius 3 is 2.58 bits per heavy atom. The van der Waals surface area contributed by atoms with Crippen molar-refractivity contribution in [2.45, 2.75) is 32.7 Å². The summed E-state index contributed by atoms with van der Waals surface area (Å²) in [6.45, 7) is 0.823. The number of nitrogens with two attached hydrogens (primary N) is 1. The Labute approximate surface area is 75.1 Å². The summed E-state index contributed by atoms with van der Waals surface area (Å²) < 4.78 is 0. The number of aliphatic hydroxyl groups is 1. The first-order valence-corrected chi connectivity index (χ1v) is 3.94. The minimum atomic E-state index is 0. The molecule has 0 aliphatic rings. The van der Waals surface area contributed by atoms with E-state index in [1.165, 1.54) is 0 Å². The number of nitrogens with one attached hydrogen (secondary N) is 1. The van der Waals surface area contributed by atoms with Crippen LogP contribution in [-0.2, 0) is 4.84 Å². The lowest BCUT2D eigenvalue weighted by Crippen LogP contribution is -2.31. The standard InChI is InChI=1S/C7H18N2O2.CH4/c1-11-9-7(6-10)4-2-3-5-8;/h7,9-10H,2-6,8H2,1H3;1H4. The molecule has 0 amide bonds. The van der Waals surface area contributed by atoms with Gasteiger partial charge in [-0.3, -0.25) is 0 Å². The molecule has 0 bridgehead atoms. The zero-order valence-corrected chi connectivity index (χ0v) is 7.05. The minimum absolute atomic E-state index is 0. The third-order valence-corrected chi connectivity index (χ3v) is 1.51. The lowest BCUT2D eigenvalue weighted by molar-refractivity contribution is 0.0365. The van der Waals surface area contributed by atoms with Crippen molar-refractivity contribution in [1.82, 2.24) is 5.48 Å². The Morgan fingerprint density at radius 1 is 1.50 bits per heavy atom. The molecule has 0 saturated heterocycles. The topological polar surface area (TPSA) is 67.5 Å². The van der Waals surface area contributed by atoms with E-state index >= 15 is 0 Å². The molecule has 0 aromatic rings. The Hall–Kier alpha value is -0.160. The molecule has 1 unspecified atom stereocenters. The normalized spacial score (nSPS) is 12.2. The van der Waals surface area contributed by atoms with Gasteiger partial charge in [0.2, 0.25) is 0 Å². The maximum absolute atomic E-state index is 8.78. The van der Waals surface area contributed by atoms with E-state index in [-0.39, 0.29) is 20.1 Å². The van der Waals surface area contributed by atoms with Crippen LogP contribution in [0, 0.1) is 0 Å². The predicted octanol–water partition coefficient (Wildman–Crippen LogP) is 0.263. The van der Waals surface area contributed by atoms with E-state index in [1.807, 2.05) is 0 Å². The summed E-state index contributed by atoms with van der Waals surface area (Å²) in [6, 6.07) is 0.0477. The first-order valence-electron chi connectivity index (χ1n) is 3.94. The maximum Gasteiger partial charge on any atom is 0.0607 e. The molecular weight excluding hydrogens is 156 g/mol. The van der Waals surface area contributed by atoms with Gasteiger partial charge in [0.15, 0.2) is 0 Å². The predicted molar refractivity (Wildman–Crippen MR) is 50.7 cm³/mol. The van der Waals surface area contributed by atoms with Gasteiger partial charge >= 0.3 is 0 Å². The van der Waals surface area contributed by atoms with Gasteiger partial charge < -0.3 is 15.7 Å². The zero-order chi connectivity index (χ0) is 8.53. The SMILES string of the molecule is C.CONC(CO)CCCCN. The van der Waals surface area contributed by atoms with Crippen LogP contribution in [0.4, 0.5) is 0 Å². The zero-order valence-electron chi connectivity index (χ0n) is 7.05. The lowest BCUT2D eigenvalue weighted by Gasteiger charge is -2.13. The van der Waals surface area contributed by atoms with Crippen LogP contribution in [0.3, 0.4) is 0 Å². The smallest absolute Gasteiger partial charge is 0.0607 e. The molecule has 0 rings (SSSR count). The molecule has 4 heteroatoms. The summed E-state index contributed by atoms with van der Waals surface area (Å²) >= 11 is 0. The van der Waals surface area contributed by atoms with Crippen molar-refractivity contribution >= 4 is 0 Å². The van der Waals surface area contributed by atoms with Crippen LogP contribution in [0.25, 0.3) is 0 Å². The van der Waals surface area contributed by atoms with Crippen molar-refractivity contribution in [2.24, 2.45) is 5.73 Å². The summed E-state index contributed by atoms with van der Waals surface area (Å²) in [5.74, 6) is 0. The van der Waals surface area contributed by atoms with Gasteiger partial charge in [0.05, 0.1) is 19.8 Å². The van der Waals surface area contributed by atoms with Crippen molar-refractivity contribution in [2.75, 3.05) is 20.3 Å². The summed E-state index contributed by atoms with van der Waals surface area (Å²) in [7, 11) is 1.55. The summed E-state index contributed by atoms with van der Waals surface area (Å²) in [4.78, 5) is 4.68. The molecule has 12 heavy (non-hydrogen) atoms. The van der Waals surface area contributed by atoms with E-state index in [2.05, 4.69) is 10.3 Å². The van der Waals surface area contributed by atoms with Crippen molar-refractivity contribution in [3.63, 3.8) is 0 Å². The first kappa shape index (κ1) is 14.4. The molecule has 1 atom stereocenters. The van der Waals surface area contributed by atoms with Crippen LogP contribution in [-0.4, -0.2) is 31.4 Å². The van der Waals surface area contributed by atoms with Gasteiger partial charge in [-0.2, -0.15) is 5.48 Å². The Morgan fingerprint density at radius 2 is 2.17 bits per heavy atom. The molecule has 0 aliphatic heterocycles. The fraction of sp³-hybridized carbons (Fsp3) is 1.00. The highest BCUT2D eigenvalue weighted by Gasteiger charge is 2.04. The highest BCUT2D eigenvalue weighted by molar-refractivity contribution is 4.59. The van der Waals surface area contributed by atoms with Crippen molar-refractivity contribution in [1.29, 1.82) is 0 Å². The van der Waals surface area contributed by atoms with Gasteiger partial charge in [-0.05, 0) is 19.4 Å². The molecule has 0 heterocycles. The molecular formula is C8H22N2O2. The van der Waals surface area contributed by atoms with Crippen molar-refractivity contribution in [3.05, 3.63) is 0 Å². The molecule has 0 fully saturated rings. The van der Waals surface area contributed by atoms with Crippen LogP contribution in [0.15, 0.2) is 0 Å².